The van der Waals surface area contributed by atoms with Crippen LogP contribution in [0.5, 0.6) is 5.75 Å². The van der Waals surface area contributed by atoms with Gasteiger partial charge in [0.15, 0.2) is 0 Å². The molecule has 0 fully saturated rings. The van der Waals surface area contributed by atoms with Gasteiger partial charge in [0.1, 0.15) is 5.75 Å². The van der Waals surface area contributed by atoms with Gasteiger partial charge in [-0.25, -0.2) is 0 Å². The molecular formula is C11H11NO3. The van der Waals surface area contributed by atoms with Crippen molar-refractivity contribution in [3.05, 3.63) is 30.0 Å². The summed E-state index contributed by atoms with van der Waals surface area (Å²) in [6.45, 7) is 0. The Morgan fingerprint density at radius 3 is 3.27 bits per heavy atom. The number of benzene rings is 1. The third kappa shape index (κ3) is 1.79. The number of carboxylic acids is 1. The lowest BCUT2D eigenvalue weighted by Gasteiger charge is -1.99. The first-order valence-corrected chi connectivity index (χ1v) is 4.36. The molecule has 1 aromatic heterocycles. The molecule has 2 rings (SSSR count). The Hall–Kier alpha value is -1.97. The third-order valence-corrected chi connectivity index (χ3v) is 2.20. The number of hydrogen-bond acceptors (Lipinski definition) is 2. The van der Waals surface area contributed by atoms with E-state index < -0.39 is 13.0 Å². The summed E-state index contributed by atoms with van der Waals surface area (Å²) in [5.74, 6) is -0.704. The second kappa shape index (κ2) is 3.65. The maximum atomic E-state index is 10.7. The number of ether oxygens (including phenoxy) is 1. The number of aromatic nitrogens is 1. The highest BCUT2D eigenvalue weighted by molar-refractivity contribution is 5.87. The molecule has 0 aliphatic carbocycles. The van der Waals surface area contributed by atoms with Crippen molar-refractivity contribution in [2.45, 2.75) is 6.42 Å². The Labute approximate surface area is 90.7 Å². The van der Waals surface area contributed by atoms with Crippen LogP contribution >= 0.6 is 0 Å². The summed E-state index contributed by atoms with van der Waals surface area (Å²) in [5, 5.41) is 9.48. The SMILES string of the molecule is [2H]C([2H])([2H])Oc1ccc2c(CC(=O)O)c[nH]c2c1. The van der Waals surface area contributed by atoms with Gasteiger partial charge in [-0.05, 0) is 17.7 Å². The van der Waals surface area contributed by atoms with E-state index in [1.165, 1.54) is 12.1 Å². The van der Waals surface area contributed by atoms with E-state index in [1.807, 2.05) is 0 Å². The van der Waals surface area contributed by atoms with Crippen molar-refractivity contribution in [3.63, 3.8) is 0 Å². The van der Waals surface area contributed by atoms with Crippen molar-refractivity contribution in [1.82, 2.24) is 4.98 Å². The molecule has 1 aromatic carbocycles. The smallest absolute Gasteiger partial charge is 0.307 e. The van der Waals surface area contributed by atoms with Crippen molar-refractivity contribution in [2.75, 3.05) is 7.04 Å². The number of H-pyrrole nitrogens is 1. The first kappa shape index (κ1) is 6.50. The number of methoxy groups -OCH3 is 1. The van der Waals surface area contributed by atoms with Crippen molar-refractivity contribution in [2.24, 2.45) is 0 Å². The molecule has 0 spiro atoms. The van der Waals surface area contributed by atoms with Crippen LogP contribution < -0.4 is 4.74 Å². The monoisotopic (exact) mass is 208 g/mol. The number of carboxylic acid groups (broad SMARTS) is 1. The minimum atomic E-state index is -2.50. The molecule has 0 unspecified atom stereocenters. The van der Waals surface area contributed by atoms with E-state index in [4.69, 9.17) is 14.0 Å². The van der Waals surface area contributed by atoms with E-state index in [1.54, 1.807) is 12.3 Å². The van der Waals surface area contributed by atoms with E-state index in [0.29, 0.717) is 11.1 Å². The molecule has 4 nitrogen and oxygen atoms in total. The number of fused-ring (bicyclic) bond motifs is 1. The predicted octanol–water partition coefficient (Wildman–Crippen LogP) is 1.80. The van der Waals surface area contributed by atoms with Crippen LogP contribution in [-0.2, 0) is 11.2 Å². The molecule has 1 heterocycles. The van der Waals surface area contributed by atoms with Gasteiger partial charge < -0.3 is 14.8 Å². The maximum absolute atomic E-state index is 10.7. The number of aromatic amines is 1. The van der Waals surface area contributed by atoms with E-state index >= 15 is 0 Å². The Kier molecular flexibility index (Phi) is 1.58. The van der Waals surface area contributed by atoms with Crippen LogP contribution in [0.3, 0.4) is 0 Å². The largest absolute Gasteiger partial charge is 0.497 e. The Morgan fingerprint density at radius 2 is 2.53 bits per heavy atom. The molecule has 2 N–H and O–H groups in total. The first-order chi connectivity index (χ1) is 8.35. The number of aliphatic carboxylic acids is 1. The van der Waals surface area contributed by atoms with E-state index in [9.17, 15) is 4.79 Å². The summed E-state index contributed by atoms with van der Waals surface area (Å²) < 4.78 is 25.8. The van der Waals surface area contributed by atoms with Crippen LogP contribution in [0.1, 0.15) is 9.68 Å². The first-order valence-electron chi connectivity index (χ1n) is 5.86. The molecule has 0 saturated carbocycles. The average molecular weight is 208 g/mol. The molecular weight excluding hydrogens is 194 g/mol. The van der Waals surface area contributed by atoms with Crippen LogP contribution in [0.15, 0.2) is 24.4 Å². The zero-order chi connectivity index (χ0) is 13.3. The number of hydrogen-bond donors (Lipinski definition) is 2. The van der Waals surface area contributed by atoms with Crippen LogP contribution in [0.4, 0.5) is 0 Å². The molecule has 0 saturated heterocycles. The summed E-state index contributed by atoms with van der Waals surface area (Å²) in [7, 11) is -2.50. The summed E-state index contributed by atoms with van der Waals surface area (Å²) in [6, 6.07) is 4.69. The molecule has 4 heteroatoms. The lowest BCUT2D eigenvalue weighted by Crippen LogP contribution is -1.98. The van der Waals surface area contributed by atoms with Crippen LogP contribution in [-0.4, -0.2) is 23.1 Å². The van der Waals surface area contributed by atoms with Crippen molar-refractivity contribution < 1.29 is 18.8 Å². The highest BCUT2D eigenvalue weighted by Crippen LogP contribution is 2.23. The molecule has 15 heavy (non-hydrogen) atoms. The van der Waals surface area contributed by atoms with Crippen molar-refractivity contribution >= 4 is 16.9 Å². The van der Waals surface area contributed by atoms with Gasteiger partial charge in [0, 0.05) is 23.2 Å². The molecule has 78 valence electrons. The Bertz CT molecular complexity index is 589. The molecule has 0 atom stereocenters. The normalized spacial score (nSPS) is 14.3. The van der Waals surface area contributed by atoms with Crippen LogP contribution in [0.25, 0.3) is 10.9 Å². The molecule has 0 radical (unpaired) electrons. The minimum absolute atomic E-state index is 0.0839. The summed E-state index contributed by atoms with van der Waals surface area (Å²) >= 11 is 0. The highest BCUT2D eigenvalue weighted by Gasteiger charge is 2.07. The highest BCUT2D eigenvalue weighted by atomic mass is 16.5. The quantitative estimate of drug-likeness (QED) is 0.808. The summed E-state index contributed by atoms with van der Waals surface area (Å²) in [4.78, 5) is 13.5. The fourth-order valence-electron chi connectivity index (χ4n) is 1.54. The lowest BCUT2D eigenvalue weighted by molar-refractivity contribution is -0.136. The van der Waals surface area contributed by atoms with Crippen LogP contribution in [0, 0.1) is 0 Å². The predicted molar refractivity (Wildman–Crippen MR) is 56.2 cm³/mol. The summed E-state index contributed by atoms with van der Waals surface area (Å²) in [6.07, 6.45) is 1.51. The maximum Gasteiger partial charge on any atom is 0.307 e. The fourth-order valence-corrected chi connectivity index (χ4v) is 1.54. The van der Waals surface area contributed by atoms with E-state index in [2.05, 4.69) is 4.98 Å². The number of rotatable bonds is 3. The van der Waals surface area contributed by atoms with E-state index in [-0.39, 0.29) is 12.2 Å². The van der Waals surface area contributed by atoms with Gasteiger partial charge in [0.05, 0.1) is 17.6 Å². The van der Waals surface area contributed by atoms with Gasteiger partial charge in [0.25, 0.3) is 0 Å². The average Bonchev–Trinajstić information content (AvgIpc) is 2.57. The number of carbonyl (C=O) groups is 1. The second-order valence-corrected chi connectivity index (χ2v) is 3.19. The lowest BCUT2D eigenvalue weighted by atomic mass is 10.1. The zero-order valence-corrected chi connectivity index (χ0v) is 7.78. The number of nitrogens with one attached hydrogen (secondary N) is 1. The molecule has 0 bridgehead atoms. The third-order valence-electron chi connectivity index (χ3n) is 2.20. The van der Waals surface area contributed by atoms with Gasteiger partial charge >= 0.3 is 5.97 Å². The molecule has 0 aliphatic rings. The fraction of sp³-hybridized carbons (Fsp3) is 0.182. The zero-order valence-electron chi connectivity index (χ0n) is 10.8. The van der Waals surface area contributed by atoms with Crippen LogP contribution in [0.2, 0.25) is 0 Å². The standard InChI is InChI=1S/C11H11NO3/c1-15-8-2-3-9-7(4-11(13)14)6-12-10(9)5-8/h2-3,5-6,12H,4H2,1H3,(H,13,14)/i1D3. The molecule has 0 aliphatic heterocycles. The van der Waals surface area contributed by atoms with Gasteiger partial charge in [-0.3, -0.25) is 4.79 Å². The van der Waals surface area contributed by atoms with Gasteiger partial charge in [-0.1, -0.05) is 0 Å². The van der Waals surface area contributed by atoms with Crippen molar-refractivity contribution in [3.8, 4) is 5.75 Å². The Morgan fingerprint density at radius 1 is 1.67 bits per heavy atom. The van der Waals surface area contributed by atoms with Gasteiger partial charge in [-0.2, -0.15) is 0 Å². The van der Waals surface area contributed by atoms with Gasteiger partial charge in [0.2, 0.25) is 0 Å². The Balaban J connectivity index is 2.33. The van der Waals surface area contributed by atoms with Gasteiger partial charge in [-0.15, -0.1) is 0 Å². The van der Waals surface area contributed by atoms with Crippen molar-refractivity contribution in [1.29, 1.82) is 0 Å². The van der Waals surface area contributed by atoms with E-state index in [0.717, 1.165) is 5.39 Å². The second-order valence-electron chi connectivity index (χ2n) is 3.19. The topological polar surface area (TPSA) is 62.3 Å². The molecule has 0 amide bonds. The summed E-state index contributed by atoms with van der Waals surface area (Å²) in [5.41, 5.74) is 1.30. The minimum Gasteiger partial charge on any atom is -0.497 e. The molecule has 2 aromatic rings.